The van der Waals surface area contributed by atoms with Gasteiger partial charge in [-0.2, -0.15) is 0 Å². The highest BCUT2D eigenvalue weighted by molar-refractivity contribution is 9.08. The van der Waals surface area contributed by atoms with Crippen molar-refractivity contribution in [1.29, 1.82) is 0 Å². The molecule has 1 fully saturated rings. The molecule has 1 aliphatic carbocycles. The Hall–Kier alpha value is -0.380. The SMILES string of the molecule is Cn1c(CBr)nnc1C1(C)CCCC1. The van der Waals surface area contributed by atoms with Crippen LogP contribution >= 0.6 is 15.9 Å². The first kappa shape index (κ1) is 10.1. The largest absolute Gasteiger partial charge is 0.317 e. The lowest BCUT2D eigenvalue weighted by Crippen LogP contribution is -2.22. The van der Waals surface area contributed by atoms with E-state index in [4.69, 9.17) is 0 Å². The summed E-state index contributed by atoms with van der Waals surface area (Å²) >= 11 is 3.42. The van der Waals surface area contributed by atoms with E-state index in [1.807, 2.05) is 0 Å². The van der Waals surface area contributed by atoms with Gasteiger partial charge in [-0.3, -0.25) is 0 Å². The highest BCUT2D eigenvalue weighted by atomic mass is 79.9. The molecule has 1 aromatic rings. The zero-order valence-corrected chi connectivity index (χ0v) is 10.3. The van der Waals surface area contributed by atoms with Crippen LogP contribution in [0.4, 0.5) is 0 Å². The van der Waals surface area contributed by atoms with Gasteiger partial charge >= 0.3 is 0 Å². The van der Waals surface area contributed by atoms with Crippen molar-refractivity contribution >= 4 is 15.9 Å². The highest BCUT2D eigenvalue weighted by Crippen LogP contribution is 2.39. The molecule has 4 heteroatoms. The van der Waals surface area contributed by atoms with E-state index in [0.717, 1.165) is 17.0 Å². The third-order valence-electron chi connectivity index (χ3n) is 3.33. The van der Waals surface area contributed by atoms with Crippen molar-refractivity contribution in [2.45, 2.75) is 43.4 Å². The summed E-state index contributed by atoms with van der Waals surface area (Å²) in [4.78, 5) is 0. The van der Waals surface area contributed by atoms with Crippen LogP contribution in [0, 0.1) is 0 Å². The molecular weight excluding hydrogens is 242 g/mol. The standard InChI is InChI=1S/C10H16BrN3/c1-10(5-3-4-6-10)9-13-12-8(7-11)14(9)2/h3-7H2,1-2H3. The Morgan fingerprint density at radius 1 is 1.36 bits per heavy atom. The summed E-state index contributed by atoms with van der Waals surface area (Å²) in [6, 6.07) is 0. The fourth-order valence-electron chi connectivity index (χ4n) is 2.38. The lowest BCUT2D eigenvalue weighted by Gasteiger charge is -2.21. The van der Waals surface area contributed by atoms with Gasteiger partial charge in [-0.25, -0.2) is 0 Å². The van der Waals surface area contributed by atoms with Crippen LogP contribution in [0.1, 0.15) is 44.3 Å². The number of hydrogen-bond acceptors (Lipinski definition) is 2. The molecule has 14 heavy (non-hydrogen) atoms. The summed E-state index contributed by atoms with van der Waals surface area (Å²) in [6.07, 6.45) is 5.16. The number of aromatic nitrogens is 3. The molecule has 0 atom stereocenters. The topological polar surface area (TPSA) is 30.7 Å². The Labute approximate surface area is 93.0 Å². The molecule has 0 bridgehead atoms. The molecule has 2 rings (SSSR count). The lowest BCUT2D eigenvalue weighted by atomic mass is 9.88. The second-order valence-corrected chi connectivity index (χ2v) is 4.96. The molecular formula is C10H16BrN3. The average Bonchev–Trinajstić information content (AvgIpc) is 2.73. The van der Waals surface area contributed by atoms with Gasteiger partial charge < -0.3 is 4.57 Å². The molecule has 1 aromatic heterocycles. The second-order valence-electron chi connectivity index (χ2n) is 4.40. The minimum Gasteiger partial charge on any atom is -0.317 e. The van der Waals surface area contributed by atoms with Crippen LogP contribution in [0.15, 0.2) is 0 Å². The van der Waals surface area contributed by atoms with Crippen molar-refractivity contribution in [3.8, 4) is 0 Å². The maximum absolute atomic E-state index is 4.32. The molecule has 1 saturated carbocycles. The molecule has 0 aromatic carbocycles. The Morgan fingerprint density at radius 3 is 2.50 bits per heavy atom. The van der Waals surface area contributed by atoms with Crippen molar-refractivity contribution in [2.24, 2.45) is 7.05 Å². The predicted octanol–water partition coefficient (Wildman–Crippen LogP) is 2.54. The number of halogens is 1. The normalized spacial score (nSPS) is 20.2. The fraction of sp³-hybridized carbons (Fsp3) is 0.800. The summed E-state index contributed by atoms with van der Waals surface area (Å²) in [5.74, 6) is 2.18. The zero-order valence-electron chi connectivity index (χ0n) is 8.76. The Kier molecular flexibility index (Phi) is 2.64. The summed E-state index contributed by atoms with van der Waals surface area (Å²) in [5.41, 5.74) is 0.266. The summed E-state index contributed by atoms with van der Waals surface area (Å²) in [5, 5.41) is 9.30. The quantitative estimate of drug-likeness (QED) is 0.763. The first-order chi connectivity index (χ1) is 6.67. The molecule has 0 radical (unpaired) electrons. The van der Waals surface area contributed by atoms with Crippen molar-refractivity contribution in [2.75, 3.05) is 0 Å². The van der Waals surface area contributed by atoms with Crippen molar-refractivity contribution < 1.29 is 0 Å². The average molecular weight is 258 g/mol. The van der Waals surface area contributed by atoms with Crippen molar-refractivity contribution in [3.05, 3.63) is 11.6 Å². The fourth-order valence-corrected chi connectivity index (χ4v) is 2.87. The van der Waals surface area contributed by atoms with E-state index in [2.05, 4.69) is 44.7 Å². The molecule has 0 unspecified atom stereocenters. The molecule has 3 nitrogen and oxygen atoms in total. The van der Waals surface area contributed by atoms with Gasteiger partial charge in [0.15, 0.2) is 0 Å². The summed E-state index contributed by atoms with van der Waals surface area (Å²) in [6.45, 7) is 2.31. The molecule has 0 aliphatic heterocycles. The molecule has 0 amide bonds. The van der Waals surface area contributed by atoms with Gasteiger partial charge in [-0.05, 0) is 12.8 Å². The Morgan fingerprint density at radius 2 is 2.00 bits per heavy atom. The van der Waals surface area contributed by atoms with E-state index in [-0.39, 0.29) is 5.41 Å². The molecule has 1 aliphatic rings. The van der Waals surface area contributed by atoms with Crippen molar-refractivity contribution in [3.63, 3.8) is 0 Å². The molecule has 0 spiro atoms. The third-order valence-corrected chi connectivity index (χ3v) is 3.83. The highest BCUT2D eigenvalue weighted by Gasteiger charge is 2.35. The third kappa shape index (κ3) is 1.49. The van der Waals surface area contributed by atoms with E-state index in [9.17, 15) is 0 Å². The van der Waals surface area contributed by atoms with Crippen LogP contribution in [-0.4, -0.2) is 14.8 Å². The minimum atomic E-state index is 0.266. The second kappa shape index (κ2) is 3.65. The predicted molar refractivity (Wildman–Crippen MR) is 59.5 cm³/mol. The first-order valence-corrected chi connectivity index (χ1v) is 6.24. The van der Waals surface area contributed by atoms with Gasteiger partial charge in [-0.15, -0.1) is 10.2 Å². The van der Waals surface area contributed by atoms with Gasteiger partial charge in [-0.1, -0.05) is 35.7 Å². The van der Waals surface area contributed by atoms with Crippen LogP contribution in [0.3, 0.4) is 0 Å². The van der Waals surface area contributed by atoms with E-state index in [1.54, 1.807) is 0 Å². The van der Waals surface area contributed by atoms with Gasteiger partial charge in [0.1, 0.15) is 11.6 Å². The van der Waals surface area contributed by atoms with E-state index < -0.39 is 0 Å². The maximum atomic E-state index is 4.32. The summed E-state index contributed by atoms with van der Waals surface area (Å²) in [7, 11) is 2.06. The lowest BCUT2D eigenvalue weighted by molar-refractivity contribution is 0.441. The first-order valence-electron chi connectivity index (χ1n) is 5.12. The van der Waals surface area contributed by atoms with Gasteiger partial charge in [0.2, 0.25) is 0 Å². The smallest absolute Gasteiger partial charge is 0.143 e. The van der Waals surface area contributed by atoms with Crippen LogP contribution in [0.5, 0.6) is 0 Å². The van der Waals surface area contributed by atoms with Crippen LogP contribution in [-0.2, 0) is 17.8 Å². The molecule has 0 saturated heterocycles. The number of nitrogens with zero attached hydrogens (tertiary/aromatic N) is 3. The van der Waals surface area contributed by atoms with Crippen LogP contribution in [0.2, 0.25) is 0 Å². The maximum Gasteiger partial charge on any atom is 0.143 e. The zero-order chi connectivity index (χ0) is 10.2. The van der Waals surface area contributed by atoms with Gasteiger partial charge in [0.25, 0.3) is 0 Å². The Bertz CT molecular complexity index is 326. The number of rotatable bonds is 2. The van der Waals surface area contributed by atoms with Crippen LogP contribution in [0.25, 0.3) is 0 Å². The number of hydrogen-bond donors (Lipinski definition) is 0. The summed E-state index contributed by atoms with van der Waals surface area (Å²) < 4.78 is 2.14. The van der Waals surface area contributed by atoms with Gasteiger partial charge in [0, 0.05) is 12.5 Å². The molecule has 1 heterocycles. The van der Waals surface area contributed by atoms with Crippen LogP contribution < -0.4 is 0 Å². The Balaban J connectivity index is 2.35. The molecule has 0 N–H and O–H groups in total. The van der Waals surface area contributed by atoms with E-state index in [1.165, 1.54) is 25.7 Å². The monoisotopic (exact) mass is 257 g/mol. The minimum absolute atomic E-state index is 0.266. The molecule has 78 valence electrons. The van der Waals surface area contributed by atoms with E-state index in [0.29, 0.717) is 0 Å². The van der Waals surface area contributed by atoms with E-state index >= 15 is 0 Å². The van der Waals surface area contributed by atoms with Gasteiger partial charge in [0.05, 0.1) is 5.33 Å². The number of alkyl halides is 1. The van der Waals surface area contributed by atoms with Crippen molar-refractivity contribution in [1.82, 2.24) is 14.8 Å².